The number of aliphatic imine (C=N–C) groups is 1. The summed E-state index contributed by atoms with van der Waals surface area (Å²) in [6.45, 7) is 5.57. The second-order valence-electron chi connectivity index (χ2n) is 6.24. The fourth-order valence-corrected chi connectivity index (χ4v) is 3.42. The van der Waals surface area contributed by atoms with Crippen LogP contribution < -0.4 is 5.32 Å². The summed E-state index contributed by atoms with van der Waals surface area (Å²) in [5.41, 5.74) is 1.64. The molecule has 1 aromatic carbocycles. The Bertz CT molecular complexity index is 658. The van der Waals surface area contributed by atoms with Crippen molar-refractivity contribution < 1.29 is 15.0 Å². The Hall–Kier alpha value is -1.92. The number of carbonyl (C=O) groups excluding carboxylic acids is 1. The van der Waals surface area contributed by atoms with Crippen molar-refractivity contribution in [2.24, 2.45) is 4.99 Å². The monoisotopic (exact) mass is 303 g/mol. The zero-order valence-corrected chi connectivity index (χ0v) is 13.0. The van der Waals surface area contributed by atoms with E-state index >= 15 is 0 Å². The van der Waals surface area contributed by atoms with E-state index in [2.05, 4.69) is 10.3 Å². The van der Waals surface area contributed by atoms with Crippen molar-refractivity contribution in [2.75, 3.05) is 0 Å². The molecule has 2 aliphatic heterocycles. The molecule has 1 aromatic rings. The average Bonchev–Trinajstić information content (AvgIpc) is 2.43. The summed E-state index contributed by atoms with van der Waals surface area (Å²) in [5, 5.41) is 23.8. The minimum absolute atomic E-state index is 0.178. The van der Waals surface area contributed by atoms with Crippen LogP contribution in [0.3, 0.4) is 0 Å². The number of rotatable bonds is 1. The molecule has 2 aliphatic rings. The number of aryl methyl sites for hydroxylation is 1. The van der Waals surface area contributed by atoms with Crippen molar-refractivity contribution in [3.05, 3.63) is 29.3 Å². The number of hydrogen-bond acceptors (Lipinski definition) is 5. The van der Waals surface area contributed by atoms with Crippen molar-refractivity contribution in [1.82, 2.24) is 10.2 Å². The number of nitrogens with zero attached hydrogens (tertiary/aromatic N) is 2. The Morgan fingerprint density at radius 3 is 2.77 bits per heavy atom. The van der Waals surface area contributed by atoms with E-state index in [-0.39, 0.29) is 5.91 Å². The summed E-state index contributed by atoms with van der Waals surface area (Å²) in [6.07, 6.45) is -1.20. The van der Waals surface area contributed by atoms with Gasteiger partial charge in [0, 0.05) is 12.0 Å². The second-order valence-corrected chi connectivity index (χ2v) is 6.24. The quantitative estimate of drug-likeness (QED) is 0.731. The van der Waals surface area contributed by atoms with Gasteiger partial charge in [0.1, 0.15) is 12.1 Å². The third-order valence-electron chi connectivity index (χ3n) is 4.73. The molecule has 2 heterocycles. The van der Waals surface area contributed by atoms with Gasteiger partial charge in [-0.3, -0.25) is 4.79 Å². The number of hydrogen-bond donors (Lipinski definition) is 3. The molecule has 3 unspecified atom stereocenters. The van der Waals surface area contributed by atoms with Gasteiger partial charge in [0.25, 0.3) is 0 Å². The summed E-state index contributed by atoms with van der Waals surface area (Å²) in [6, 6.07) is 5.70. The number of aliphatic hydroxyl groups is 2. The fraction of sp³-hybridized carbons (Fsp3) is 0.500. The van der Waals surface area contributed by atoms with Gasteiger partial charge >= 0.3 is 0 Å². The lowest BCUT2D eigenvalue weighted by Gasteiger charge is -2.51. The van der Waals surface area contributed by atoms with Gasteiger partial charge in [-0.2, -0.15) is 0 Å². The second kappa shape index (κ2) is 5.07. The smallest absolute Gasteiger partial charge is 0.222 e. The van der Waals surface area contributed by atoms with E-state index in [0.717, 1.165) is 16.8 Å². The first-order valence-corrected chi connectivity index (χ1v) is 7.44. The van der Waals surface area contributed by atoms with E-state index in [1.807, 2.05) is 39.0 Å². The SMILES string of the molecule is CC1=Nc2cccc(C)c2C(O)N1C1(C)CCC(=O)NC1O. The lowest BCUT2D eigenvalue weighted by molar-refractivity contribution is -0.141. The molecule has 118 valence electrons. The molecule has 0 aliphatic carbocycles. The van der Waals surface area contributed by atoms with E-state index in [4.69, 9.17) is 0 Å². The molecule has 22 heavy (non-hydrogen) atoms. The highest BCUT2D eigenvalue weighted by molar-refractivity contribution is 5.87. The maximum Gasteiger partial charge on any atom is 0.222 e. The molecule has 1 fully saturated rings. The molecule has 0 saturated carbocycles. The zero-order chi connectivity index (χ0) is 16.1. The average molecular weight is 303 g/mol. The van der Waals surface area contributed by atoms with Gasteiger partial charge in [-0.25, -0.2) is 4.99 Å². The van der Waals surface area contributed by atoms with Crippen LogP contribution >= 0.6 is 0 Å². The van der Waals surface area contributed by atoms with Gasteiger partial charge in [-0.1, -0.05) is 12.1 Å². The van der Waals surface area contributed by atoms with Gasteiger partial charge in [0.2, 0.25) is 5.91 Å². The van der Waals surface area contributed by atoms with Gasteiger partial charge in [0.15, 0.2) is 6.23 Å². The molecule has 6 heteroatoms. The Balaban J connectivity index is 2.06. The lowest BCUT2D eigenvalue weighted by Crippen LogP contribution is -2.65. The maximum absolute atomic E-state index is 11.5. The Kier molecular flexibility index (Phi) is 3.45. The molecule has 6 nitrogen and oxygen atoms in total. The number of nitrogens with one attached hydrogen (secondary N) is 1. The van der Waals surface area contributed by atoms with Crippen LogP contribution in [0.25, 0.3) is 0 Å². The maximum atomic E-state index is 11.5. The number of benzene rings is 1. The van der Waals surface area contributed by atoms with Crippen LogP contribution in [-0.2, 0) is 4.79 Å². The predicted octanol–water partition coefficient (Wildman–Crippen LogP) is 1.34. The van der Waals surface area contributed by atoms with Crippen LogP contribution in [0.2, 0.25) is 0 Å². The van der Waals surface area contributed by atoms with Crippen LogP contribution in [-0.4, -0.2) is 38.6 Å². The highest BCUT2D eigenvalue weighted by atomic mass is 16.3. The highest BCUT2D eigenvalue weighted by Gasteiger charge is 2.48. The summed E-state index contributed by atoms with van der Waals surface area (Å²) in [5.74, 6) is 0.450. The van der Waals surface area contributed by atoms with Crippen molar-refractivity contribution in [1.29, 1.82) is 0 Å². The van der Waals surface area contributed by atoms with Gasteiger partial charge in [-0.15, -0.1) is 0 Å². The third-order valence-corrected chi connectivity index (χ3v) is 4.73. The number of carbonyl (C=O) groups is 1. The molecule has 3 N–H and O–H groups in total. The molecule has 0 spiro atoms. The highest BCUT2D eigenvalue weighted by Crippen LogP contribution is 2.42. The standard InChI is InChI=1S/C16H21N3O3/c1-9-5-4-6-11-13(9)14(21)19(10(2)17-11)16(3)8-7-12(20)18-15(16)22/h4-6,14-15,21-22H,7-8H2,1-3H3,(H,18,20). The molecule has 0 bridgehead atoms. The van der Waals surface area contributed by atoms with Crippen LogP contribution in [0, 0.1) is 6.92 Å². The van der Waals surface area contributed by atoms with Crippen LogP contribution in [0.1, 0.15) is 44.0 Å². The first-order valence-electron chi connectivity index (χ1n) is 7.44. The van der Waals surface area contributed by atoms with Crippen LogP contribution in [0.5, 0.6) is 0 Å². The summed E-state index contributed by atoms with van der Waals surface area (Å²) in [7, 11) is 0. The van der Waals surface area contributed by atoms with Crippen molar-refractivity contribution >= 4 is 17.4 Å². The fourth-order valence-electron chi connectivity index (χ4n) is 3.42. The number of amides is 1. The molecule has 3 rings (SSSR count). The summed E-state index contributed by atoms with van der Waals surface area (Å²) >= 11 is 0. The van der Waals surface area contributed by atoms with E-state index in [9.17, 15) is 15.0 Å². The zero-order valence-electron chi connectivity index (χ0n) is 13.0. The van der Waals surface area contributed by atoms with Crippen molar-refractivity contribution in [3.8, 4) is 0 Å². The number of piperidine rings is 1. The van der Waals surface area contributed by atoms with Gasteiger partial charge in [-0.05, 0) is 38.8 Å². The lowest BCUT2D eigenvalue weighted by atomic mass is 9.86. The summed E-state index contributed by atoms with van der Waals surface area (Å²) in [4.78, 5) is 17.8. The van der Waals surface area contributed by atoms with E-state index < -0.39 is 18.0 Å². The molecular weight excluding hydrogens is 282 g/mol. The number of fused-ring (bicyclic) bond motifs is 1. The molecule has 0 radical (unpaired) electrons. The minimum atomic E-state index is -1.06. The topological polar surface area (TPSA) is 85.2 Å². The Morgan fingerprint density at radius 1 is 1.36 bits per heavy atom. The predicted molar refractivity (Wildman–Crippen MR) is 82.5 cm³/mol. The van der Waals surface area contributed by atoms with E-state index in [1.54, 1.807) is 4.90 Å². The van der Waals surface area contributed by atoms with Crippen LogP contribution in [0.15, 0.2) is 23.2 Å². The minimum Gasteiger partial charge on any atom is -0.371 e. The molecule has 3 atom stereocenters. The normalized spacial score (nSPS) is 31.4. The number of aliphatic hydroxyl groups excluding tert-OH is 2. The Morgan fingerprint density at radius 2 is 2.09 bits per heavy atom. The van der Waals surface area contributed by atoms with Gasteiger partial charge < -0.3 is 20.4 Å². The van der Waals surface area contributed by atoms with Crippen molar-refractivity contribution in [3.63, 3.8) is 0 Å². The first kappa shape index (κ1) is 15.0. The van der Waals surface area contributed by atoms with E-state index in [1.165, 1.54) is 0 Å². The molecule has 0 aromatic heterocycles. The van der Waals surface area contributed by atoms with Crippen molar-refractivity contribution in [2.45, 2.75) is 51.6 Å². The van der Waals surface area contributed by atoms with Crippen LogP contribution in [0.4, 0.5) is 5.69 Å². The largest absolute Gasteiger partial charge is 0.371 e. The van der Waals surface area contributed by atoms with Gasteiger partial charge in [0.05, 0.1) is 11.2 Å². The molecule has 1 saturated heterocycles. The first-order chi connectivity index (χ1) is 10.3. The molecule has 1 amide bonds. The molecular formula is C16H21N3O3. The third kappa shape index (κ3) is 2.10. The number of amidine groups is 1. The summed E-state index contributed by atoms with van der Waals surface area (Å²) < 4.78 is 0. The Labute approximate surface area is 129 Å². The van der Waals surface area contributed by atoms with E-state index in [0.29, 0.717) is 18.7 Å².